The van der Waals surface area contributed by atoms with Crippen LogP contribution in [0, 0.1) is 6.92 Å². The van der Waals surface area contributed by atoms with E-state index in [9.17, 15) is 0 Å². The highest BCUT2D eigenvalue weighted by atomic mass is 15.0. The zero-order chi connectivity index (χ0) is 15.2. The third-order valence-electron chi connectivity index (χ3n) is 3.43. The molecule has 0 bridgehead atoms. The third kappa shape index (κ3) is 3.41. The summed E-state index contributed by atoms with van der Waals surface area (Å²) in [5, 5.41) is 3.42. The number of nitrogens with one attached hydrogen (secondary N) is 1. The van der Waals surface area contributed by atoms with Crippen LogP contribution in [-0.2, 0) is 0 Å². The molecule has 0 aliphatic carbocycles. The number of rotatable bonds is 3. The van der Waals surface area contributed by atoms with Crippen molar-refractivity contribution >= 4 is 17.2 Å². The molecule has 0 heterocycles. The quantitative estimate of drug-likeness (QED) is 0.520. The SMILES string of the molecule is Cc1ccccc1N=C(Nc1ccccc1)c1ccccc1. The molecule has 0 atom stereocenters. The first-order chi connectivity index (χ1) is 10.8. The number of para-hydroxylation sites is 2. The van der Waals surface area contributed by atoms with Gasteiger partial charge in [0, 0.05) is 11.3 Å². The molecule has 0 unspecified atom stereocenters. The van der Waals surface area contributed by atoms with Gasteiger partial charge in [-0.1, -0.05) is 66.7 Å². The molecule has 3 rings (SSSR count). The van der Waals surface area contributed by atoms with Crippen LogP contribution in [0.3, 0.4) is 0 Å². The van der Waals surface area contributed by atoms with E-state index in [2.05, 4.69) is 30.4 Å². The molecule has 0 fully saturated rings. The summed E-state index contributed by atoms with van der Waals surface area (Å²) in [5.74, 6) is 0.848. The van der Waals surface area contributed by atoms with Crippen LogP contribution in [-0.4, -0.2) is 5.84 Å². The molecule has 1 N–H and O–H groups in total. The van der Waals surface area contributed by atoms with Crippen LogP contribution in [0.15, 0.2) is 89.9 Å². The number of hydrogen-bond acceptors (Lipinski definition) is 1. The molecule has 2 heteroatoms. The topological polar surface area (TPSA) is 24.4 Å². The predicted molar refractivity (Wildman–Crippen MR) is 93.9 cm³/mol. The smallest absolute Gasteiger partial charge is 0.138 e. The number of aliphatic imine (C=N–C) groups is 1. The summed E-state index contributed by atoms with van der Waals surface area (Å²) in [6.45, 7) is 2.07. The Labute approximate surface area is 131 Å². The van der Waals surface area contributed by atoms with E-state index in [0.29, 0.717) is 0 Å². The van der Waals surface area contributed by atoms with Gasteiger partial charge in [-0.2, -0.15) is 0 Å². The number of benzene rings is 3. The number of anilines is 1. The Bertz CT molecular complexity index is 762. The lowest BCUT2D eigenvalue weighted by Crippen LogP contribution is -2.13. The Morgan fingerprint density at radius 2 is 1.32 bits per heavy atom. The van der Waals surface area contributed by atoms with E-state index in [1.165, 1.54) is 0 Å². The lowest BCUT2D eigenvalue weighted by molar-refractivity contribution is 1.38. The summed E-state index contributed by atoms with van der Waals surface area (Å²) in [6, 6.07) is 28.4. The van der Waals surface area contributed by atoms with Gasteiger partial charge >= 0.3 is 0 Å². The molecule has 0 amide bonds. The molecule has 0 spiro atoms. The first kappa shape index (κ1) is 14.1. The number of amidine groups is 1. The van der Waals surface area contributed by atoms with Crippen molar-refractivity contribution in [3.8, 4) is 0 Å². The highest BCUT2D eigenvalue weighted by Crippen LogP contribution is 2.20. The summed E-state index contributed by atoms with van der Waals surface area (Å²) >= 11 is 0. The Kier molecular flexibility index (Phi) is 4.30. The van der Waals surface area contributed by atoms with Crippen molar-refractivity contribution in [1.82, 2.24) is 0 Å². The largest absolute Gasteiger partial charge is 0.340 e. The number of hydrogen-bond donors (Lipinski definition) is 1. The summed E-state index contributed by atoms with van der Waals surface area (Å²) in [4.78, 5) is 4.83. The number of aryl methyl sites for hydroxylation is 1. The van der Waals surface area contributed by atoms with Gasteiger partial charge in [0.05, 0.1) is 5.69 Å². The molecule has 0 saturated carbocycles. The fourth-order valence-corrected chi connectivity index (χ4v) is 2.23. The molecule has 0 aliphatic rings. The predicted octanol–water partition coefficient (Wildman–Crippen LogP) is 5.19. The van der Waals surface area contributed by atoms with Gasteiger partial charge in [-0.3, -0.25) is 0 Å². The van der Waals surface area contributed by atoms with Gasteiger partial charge in [-0.05, 0) is 30.7 Å². The fourth-order valence-electron chi connectivity index (χ4n) is 2.23. The van der Waals surface area contributed by atoms with Crippen LogP contribution in [0.4, 0.5) is 11.4 Å². The number of nitrogens with zero attached hydrogens (tertiary/aromatic N) is 1. The Morgan fingerprint density at radius 1 is 0.727 bits per heavy atom. The second-order valence-electron chi connectivity index (χ2n) is 5.10. The maximum absolute atomic E-state index is 4.83. The van der Waals surface area contributed by atoms with E-state index in [4.69, 9.17) is 4.99 Å². The molecule has 3 aromatic rings. The van der Waals surface area contributed by atoms with Crippen molar-refractivity contribution in [1.29, 1.82) is 0 Å². The van der Waals surface area contributed by atoms with Crippen LogP contribution in [0.2, 0.25) is 0 Å². The lowest BCUT2D eigenvalue weighted by atomic mass is 10.1. The van der Waals surface area contributed by atoms with Gasteiger partial charge in [0.2, 0.25) is 0 Å². The monoisotopic (exact) mass is 286 g/mol. The highest BCUT2D eigenvalue weighted by Gasteiger charge is 2.05. The van der Waals surface area contributed by atoms with Gasteiger partial charge < -0.3 is 5.32 Å². The third-order valence-corrected chi connectivity index (χ3v) is 3.43. The van der Waals surface area contributed by atoms with Crippen LogP contribution < -0.4 is 5.32 Å². The Morgan fingerprint density at radius 3 is 2.00 bits per heavy atom. The second-order valence-corrected chi connectivity index (χ2v) is 5.10. The van der Waals surface area contributed by atoms with Gasteiger partial charge in [-0.25, -0.2) is 4.99 Å². The molecule has 3 aromatic carbocycles. The van der Waals surface area contributed by atoms with E-state index < -0.39 is 0 Å². The molecule has 0 saturated heterocycles. The zero-order valence-corrected chi connectivity index (χ0v) is 12.5. The van der Waals surface area contributed by atoms with Crippen LogP contribution in [0.25, 0.3) is 0 Å². The van der Waals surface area contributed by atoms with Crippen LogP contribution >= 0.6 is 0 Å². The average Bonchev–Trinajstić information content (AvgIpc) is 2.58. The molecule has 2 nitrogen and oxygen atoms in total. The maximum atomic E-state index is 4.83. The summed E-state index contributed by atoms with van der Waals surface area (Å²) in [7, 11) is 0. The van der Waals surface area contributed by atoms with Crippen LogP contribution in [0.1, 0.15) is 11.1 Å². The summed E-state index contributed by atoms with van der Waals surface area (Å²) in [5.41, 5.74) is 4.23. The van der Waals surface area contributed by atoms with Crippen molar-refractivity contribution in [2.75, 3.05) is 5.32 Å². The van der Waals surface area contributed by atoms with Crippen LogP contribution in [0.5, 0.6) is 0 Å². The van der Waals surface area contributed by atoms with Crippen molar-refractivity contribution in [2.24, 2.45) is 4.99 Å². The minimum absolute atomic E-state index is 0.848. The molecule has 0 aromatic heterocycles. The first-order valence-electron chi connectivity index (χ1n) is 7.35. The molecular weight excluding hydrogens is 268 g/mol. The second kappa shape index (κ2) is 6.72. The van der Waals surface area contributed by atoms with E-state index >= 15 is 0 Å². The van der Waals surface area contributed by atoms with Crippen molar-refractivity contribution in [3.63, 3.8) is 0 Å². The Hall–Kier alpha value is -2.87. The Balaban J connectivity index is 2.02. The van der Waals surface area contributed by atoms with E-state index in [0.717, 1.165) is 28.3 Å². The van der Waals surface area contributed by atoms with Gasteiger partial charge in [0.1, 0.15) is 5.84 Å². The highest BCUT2D eigenvalue weighted by molar-refractivity contribution is 6.09. The zero-order valence-electron chi connectivity index (χ0n) is 12.5. The lowest BCUT2D eigenvalue weighted by Gasteiger charge is -2.11. The van der Waals surface area contributed by atoms with Gasteiger partial charge in [-0.15, -0.1) is 0 Å². The van der Waals surface area contributed by atoms with Crippen molar-refractivity contribution in [2.45, 2.75) is 6.92 Å². The summed E-state index contributed by atoms with van der Waals surface area (Å²) < 4.78 is 0. The van der Waals surface area contributed by atoms with Gasteiger partial charge in [0.15, 0.2) is 0 Å². The molecule has 0 aliphatic heterocycles. The van der Waals surface area contributed by atoms with E-state index in [1.807, 2.05) is 66.7 Å². The minimum atomic E-state index is 0.848. The molecule has 108 valence electrons. The van der Waals surface area contributed by atoms with Gasteiger partial charge in [0.25, 0.3) is 0 Å². The molecular formula is C20H18N2. The normalized spacial score (nSPS) is 11.2. The van der Waals surface area contributed by atoms with Crippen molar-refractivity contribution < 1.29 is 0 Å². The van der Waals surface area contributed by atoms with E-state index in [-0.39, 0.29) is 0 Å². The summed E-state index contributed by atoms with van der Waals surface area (Å²) in [6.07, 6.45) is 0. The molecule has 0 radical (unpaired) electrons. The first-order valence-corrected chi connectivity index (χ1v) is 7.35. The van der Waals surface area contributed by atoms with Crippen molar-refractivity contribution in [3.05, 3.63) is 96.1 Å². The standard InChI is InChI=1S/C20H18N2/c1-16-10-8-9-15-19(16)22-20(17-11-4-2-5-12-17)21-18-13-6-3-7-14-18/h2-15H,1H3,(H,21,22). The fraction of sp³-hybridized carbons (Fsp3) is 0.0500. The molecule has 22 heavy (non-hydrogen) atoms. The minimum Gasteiger partial charge on any atom is -0.340 e. The maximum Gasteiger partial charge on any atom is 0.138 e. The van der Waals surface area contributed by atoms with E-state index in [1.54, 1.807) is 0 Å². The average molecular weight is 286 g/mol.